The number of nitroso groups, excluding NO2 is 1. The van der Waals surface area contributed by atoms with E-state index >= 15 is 0 Å². The largest absolute Gasteiger partial charge is 0.491 e. The fourth-order valence-corrected chi connectivity index (χ4v) is 5.75. The molecule has 0 radical (unpaired) electrons. The van der Waals surface area contributed by atoms with Crippen LogP contribution in [0.25, 0.3) is 11.4 Å². The molecule has 1 unspecified atom stereocenters. The van der Waals surface area contributed by atoms with E-state index in [2.05, 4.69) is 20.7 Å². The molecule has 1 aromatic heterocycles. The summed E-state index contributed by atoms with van der Waals surface area (Å²) >= 11 is 0. The van der Waals surface area contributed by atoms with Crippen LogP contribution in [-0.2, 0) is 4.74 Å². The molecule has 2 aliphatic heterocycles. The minimum Gasteiger partial charge on any atom is -0.491 e. The standard InChI is InChI=1S/C25H31N7O3/c1-27-11-17(31-33)12-35-18-4-2-3-15(9-18)22-29-23(28-16-5-6-16)19(10-26)24(30-22)32-20-7-8-25(20)14-34-13-21(25)32/h2-4,9-10,16-17,20-21,26-27H,5-8,11-14H2,1H3,(H,28,29,30)/t17-,20-,21+,25?/m0/s1. The Balaban J connectivity index is 1.34. The average Bonchev–Trinajstić information content (AvgIpc) is 3.58. The van der Waals surface area contributed by atoms with Crippen molar-refractivity contribution in [3.63, 3.8) is 0 Å². The van der Waals surface area contributed by atoms with Crippen LogP contribution in [-0.4, -0.2) is 73.8 Å². The first-order valence-corrected chi connectivity index (χ1v) is 12.4. The molecule has 1 spiro atoms. The zero-order valence-corrected chi connectivity index (χ0v) is 19.9. The quantitative estimate of drug-likeness (QED) is 0.333. The second-order valence-corrected chi connectivity index (χ2v) is 10.1. The number of nitrogens with one attached hydrogen (secondary N) is 3. The Hall–Kier alpha value is -3.11. The van der Waals surface area contributed by atoms with Crippen LogP contribution in [0, 0.1) is 15.7 Å². The maximum Gasteiger partial charge on any atom is 0.164 e. The second-order valence-electron chi connectivity index (χ2n) is 10.1. The van der Waals surface area contributed by atoms with E-state index in [1.54, 1.807) is 7.05 Å². The maximum absolute atomic E-state index is 11.0. The van der Waals surface area contributed by atoms with Gasteiger partial charge in [0.05, 0.1) is 24.8 Å². The number of nitrogens with zero attached hydrogens (tertiary/aromatic N) is 4. The molecule has 2 aliphatic carbocycles. The van der Waals surface area contributed by atoms with E-state index in [1.807, 2.05) is 24.3 Å². The Morgan fingerprint density at radius 2 is 2.23 bits per heavy atom. The van der Waals surface area contributed by atoms with Gasteiger partial charge in [0.2, 0.25) is 0 Å². The highest BCUT2D eigenvalue weighted by Crippen LogP contribution is 2.62. The molecule has 10 nitrogen and oxygen atoms in total. The monoisotopic (exact) mass is 477 g/mol. The van der Waals surface area contributed by atoms with Crippen molar-refractivity contribution in [3.8, 4) is 17.1 Å². The van der Waals surface area contributed by atoms with Crippen LogP contribution in [0.3, 0.4) is 0 Å². The van der Waals surface area contributed by atoms with Crippen molar-refractivity contribution < 1.29 is 9.47 Å². The molecule has 4 fully saturated rings. The number of ether oxygens (including phenoxy) is 2. The molecule has 2 saturated carbocycles. The Bertz CT molecular complexity index is 1140. The lowest BCUT2D eigenvalue weighted by Crippen LogP contribution is -2.77. The molecule has 3 N–H and O–H groups in total. The van der Waals surface area contributed by atoms with Gasteiger partial charge in [0.1, 0.15) is 30.0 Å². The van der Waals surface area contributed by atoms with Crippen LogP contribution >= 0.6 is 0 Å². The van der Waals surface area contributed by atoms with Gasteiger partial charge in [-0.2, -0.15) is 4.91 Å². The molecular weight excluding hydrogens is 446 g/mol. The van der Waals surface area contributed by atoms with Crippen molar-refractivity contribution in [1.82, 2.24) is 15.3 Å². The normalized spacial score (nSPS) is 27.2. The summed E-state index contributed by atoms with van der Waals surface area (Å²) in [5.41, 5.74) is 1.83. The molecule has 6 rings (SSSR count). The number of aromatic nitrogens is 2. The number of rotatable bonds is 11. The first-order valence-electron chi connectivity index (χ1n) is 12.4. The lowest BCUT2D eigenvalue weighted by molar-refractivity contribution is -0.0130. The van der Waals surface area contributed by atoms with Crippen LogP contribution in [0.4, 0.5) is 11.6 Å². The molecule has 2 saturated heterocycles. The van der Waals surface area contributed by atoms with Crippen molar-refractivity contribution in [2.75, 3.05) is 43.6 Å². The molecule has 3 heterocycles. The van der Waals surface area contributed by atoms with Gasteiger partial charge < -0.3 is 30.4 Å². The van der Waals surface area contributed by atoms with Gasteiger partial charge in [0.15, 0.2) is 5.82 Å². The summed E-state index contributed by atoms with van der Waals surface area (Å²) in [6.07, 6.45) is 5.93. The molecule has 2 aromatic rings. The fraction of sp³-hybridized carbons (Fsp3) is 0.560. The van der Waals surface area contributed by atoms with Gasteiger partial charge in [-0.1, -0.05) is 17.3 Å². The van der Waals surface area contributed by atoms with E-state index in [-0.39, 0.29) is 12.0 Å². The Morgan fingerprint density at radius 3 is 2.94 bits per heavy atom. The molecule has 0 amide bonds. The summed E-state index contributed by atoms with van der Waals surface area (Å²) in [6.45, 7) is 2.19. The second kappa shape index (κ2) is 8.83. The summed E-state index contributed by atoms with van der Waals surface area (Å²) in [5, 5.41) is 17.8. The van der Waals surface area contributed by atoms with Crippen LogP contribution < -0.4 is 20.3 Å². The molecule has 35 heavy (non-hydrogen) atoms. The van der Waals surface area contributed by atoms with Gasteiger partial charge in [-0.25, -0.2) is 9.97 Å². The van der Waals surface area contributed by atoms with Gasteiger partial charge in [0, 0.05) is 35.8 Å². The number of piperidine rings is 1. The summed E-state index contributed by atoms with van der Waals surface area (Å²) < 4.78 is 11.7. The van der Waals surface area contributed by atoms with Gasteiger partial charge in [-0.15, -0.1) is 0 Å². The van der Waals surface area contributed by atoms with E-state index in [0.29, 0.717) is 48.7 Å². The number of anilines is 2. The Labute approximate surface area is 204 Å². The van der Waals surface area contributed by atoms with E-state index < -0.39 is 6.04 Å². The molecule has 10 heteroatoms. The minimum atomic E-state index is -0.462. The predicted molar refractivity (Wildman–Crippen MR) is 134 cm³/mol. The summed E-state index contributed by atoms with van der Waals surface area (Å²) in [5.74, 6) is 2.75. The summed E-state index contributed by atoms with van der Waals surface area (Å²) in [6, 6.07) is 8.28. The highest BCUT2D eigenvalue weighted by molar-refractivity contribution is 5.93. The third kappa shape index (κ3) is 3.75. The SMILES string of the molecule is CNC[C@@H](COc1cccc(-c2nc(NC3CC3)c(C=N)c(N3[C@H]4CCC45COC[C@@H]35)n2)c1)N=O. The number of hydrogen-bond donors (Lipinski definition) is 3. The van der Waals surface area contributed by atoms with Crippen LogP contribution in [0.2, 0.25) is 0 Å². The maximum atomic E-state index is 11.0. The van der Waals surface area contributed by atoms with Crippen molar-refractivity contribution >= 4 is 17.9 Å². The van der Waals surface area contributed by atoms with Gasteiger partial charge >= 0.3 is 0 Å². The third-order valence-electron chi connectivity index (χ3n) is 7.88. The predicted octanol–water partition coefficient (Wildman–Crippen LogP) is 2.82. The van der Waals surface area contributed by atoms with Crippen molar-refractivity contribution in [1.29, 1.82) is 5.41 Å². The molecule has 4 aliphatic rings. The van der Waals surface area contributed by atoms with Gasteiger partial charge in [0.25, 0.3) is 0 Å². The van der Waals surface area contributed by atoms with Crippen LogP contribution in [0.5, 0.6) is 5.75 Å². The topological polar surface area (TPSA) is 125 Å². The van der Waals surface area contributed by atoms with E-state index in [4.69, 9.17) is 24.9 Å². The molecule has 1 aromatic carbocycles. The summed E-state index contributed by atoms with van der Waals surface area (Å²) in [7, 11) is 1.78. The average molecular weight is 478 g/mol. The highest BCUT2D eigenvalue weighted by Gasteiger charge is 2.69. The molecule has 4 atom stereocenters. The van der Waals surface area contributed by atoms with Gasteiger partial charge in [-0.05, 0) is 44.9 Å². The first-order chi connectivity index (χ1) is 17.2. The van der Waals surface area contributed by atoms with E-state index in [1.165, 1.54) is 12.6 Å². The fourth-order valence-electron chi connectivity index (χ4n) is 5.75. The Kier molecular flexibility index (Phi) is 5.64. The van der Waals surface area contributed by atoms with Crippen molar-refractivity contribution in [2.24, 2.45) is 10.6 Å². The smallest absolute Gasteiger partial charge is 0.164 e. The van der Waals surface area contributed by atoms with Crippen LogP contribution in [0.15, 0.2) is 29.4 Å². The minimum absolute atomic E-state index is 0.195. The van der Waals surface area contributed by atoms with Gasteiger partial charge in [-0.3, -0.25) is 0 Å². The Morgan fingerprint density at radius 1 is 1.34 bits per heavy atom. The van der Waals surface area contributed by atoms with Crippen LogP contribution in [0.1, 0.15) is 31.2 Å². The van der Waals surface area contributed by atoms with Crippen molar-refractivity contribution in [2.45, 2.75) is 49.9 Å². The highest BCUT2D eigenvalue weighted by atomic mass is 16.5. The lowest BCUT2D eigenvalue weighted by atomic mass is 9.53. The van der Waals surface area contributed by atoms with E-state index in [9.17, 15) is 4.91 Å². The number of likely N-dealkylation sites (N-methyl/N-ethyl adjacent to an activating group) is 1. The number of benzene rings is 1. The third-order valence-corrected chi connectivity index (χ3v) is 7.88. The molecule has 184 valence electrons. The number of hydrogen-bond acceptors (Lipinski definition) is 10. The lowest BCUT2D eigenvalue weighted by Gasteiger charge is -2.67. The summed E-state index contributed by atoms with van der Waals surface area (Å²) in [4.78, 5) is 23.3. The van der Waals surface area contributed by atoms with Crippen molar-refractivity contribution in [3.05, 3.63) is 34.7 Å². The zero-order chi connectivity index (χ0) is 24.0. The zero-order valence-electron chi connectivity index (χ0n) is 19.9. The van der Waals surface area contributed by atoms with E-state index in [0.717, 1.165) is 42.8 Å². The molecular formula is C25H31N7O3. The first kappa shape index (κ1) is 22.4. The molecule has 0 bridgehead atoms.